The maximum atomic E-state index is 12.2. The van der Waals surface area contributed by atoms with E-state index in [-0.39, 0.29) is 16.8 Å². The van der Waals surface area contributed by atoms with Crippen molar-refractivity contribution in [1.29, 1.82) is 0 Å². The molecule has 0 atom stereocenters. The molecule has 1 aromatic carbocycles. The van der Waals surface area contributed by atoms with E-state index in [2.05, 4.69) is 19.8 Å². The summed E-state index contributed by atoms with van der Waals surface area (Å²) in [7, 11) is 0. The fraction of sp³-hybridized carbons (Fsp3) is 0.176. The van der Waals surface area contributed by atoms with Crippen molar-refractivity contribution >= 4 is 0 Å². The van der Waals surface area contributed by atoms with Crippen LogP contribution in [0.2, 0.25) is 0 Å². The van der Waals surface area contributed by atoms with Crippen molar-refractivity contribution in [2.75, 3.05) is 6.61 Å². The van der Waals surface area contributed by atoms with E-state index in [1.54, 1.807) is 18.2 Å². The first kappa shape index (κ1) is 15.1. The number of hydrogen-bond acceptors (Lipinski definition) is 5. The van der Waals surface area contributed by atoms with Gasteiger partial charge in [-0.1, -0.05) is 30.3 Å². The topological polar surface area (TPSA) is 69.9 Å². The lowest BCUT2D eigenvalue weighted by Crippen LogP contribution is -2.22. The third-order valence-corrected chi connectivity index (χ3v) is 3.10. The van der Waals surface area contributed by atoms with Gasteiger partial charge in [-0.3, -0.25) is 4.79 Å². The number of nitrogens with zero attached hydrogens (tertiary/aromatic N) is 4. The molecule has 2 heterocycles. The molecule has 0 aliphatic carbocycles. The summed E-state index contributed by atoms with van der Waals surface area (Å²) in [5, 5.41) is 4.03. The Morgan fingerprint density at radius 1 is 1.08 bits per heavy atom. The zero-order chi connectivity index (χ0) is 20.4. The Kier molecular flexibility index (Phi) is 4.25. The van der Waals surface area contributed by atoms with Gasteiger partial charge < -0.3 is 4.74 Å². The van der Waals surface area contributed by atoms with Gasteiger partial charge >= 0.3 is 12.2 Å². The number of hydrogen-bond donors (Lipinski definition) is 0. The summed E-state index contributed by atoms with van der Waals surface area (Å²) in [6.45, 7) is -3.74. The number of alkyl halides is 3. The van der Waals surface area contributed by atoms with Gasteiger partial charge in [-0.15, -0.1) is 0 Å². The summed E-state index contributed by atoms with van der Waals surface area (Å²) in [6, 6.07) is 10.0. The molecule has 2 aromatic heterocycles. The summed E-state index contributed by atoms with van der Waals surface area (Å²) in [5.41, 5.74) is 0.0105. The van der Waals surface area contributed by atoms with Gasteiger partial charge in [-0.05, 0) is 11.6 Å². The van der Waals surface area contributed by atoms with Crippen molar-refractivity contribution in [3.8, 4) is 17.3 Å². The molecule has 0 aliphatic heterocycles. The highest BCUT2D eigenvalue weighted by molar-refractivity contribution is 5.55. The minimum atomic E-state index is -4.51. The monoisotopic (exact) mass is 364 g/mol. The number of halogens is 3. The van der Waals surface area contributed by atoms with Crippen LogP contribution in [0.1, 0.15) is 8.30 Å². The summed E-state index contributed by atoms with van der Waals surface area (Å²) in [4.78, 5) is 19.5. The molecule has 0 bridgehead atoms. The van der Waals surface area contributed by atoms with Gasteiger partial charge in [0.25, 0.3) is 5.56 Å². The molecule has 0 spiro atoms. The van der Waals surface area contributed by atoms with E-state index in [0.29, 0.717) is 4.68 Å². The van der Waals surface area contributed by atoms with Crippen LogP contribution in [0.4, 0.5) is 13.2 Å². The van der Waals surface area contributed by atoms with E-state index >= 15 is 0 Å². The predicted molar refractivity (Wildman–Crippen MR) is 86.6 cm³/mol. The summed E-state index contributed by atoms with van der Waals surface area (Å²) < 4.78 is 58.1. The van der Waals surface area contributed by atoms with Crippen molar-refractivity contribution in [2.45, 2.75) is 12.7 Å². The van der Waals surface area contributed by atoms with Crippen LogP contribution in [0.5, 0.6) is 6.01 Å². The minimum absolute atomic E-state index is 0.168. The molecule has 0 fully saturated rings. The number of benzene rings is 1. The first-order valence-corrected chi connectivity index (χ1v) is 7.35. The molecule has 3 rings (SSSR count). The van der Waals surface area contributed by atoms with Crippen LogP contribution in [0.15, 0.2) is 59.7 Å². The lowest BCUT2D eigenvalue weighted by atomic mass is 10.2. The summed E-state index contributed by atoms with van der Waals surface area (Å²) >= 11 is 0. The first-order chi connectivity index (χ1) is 13.2. The Morgan fingerprint density at radius 3 is 2.42 bits per heavy atom. The molecular weight excluding hydrogens is 349 g/mol. The average molecular weight is 364 g/mol. The van der Waals surface area contributed by atoms with E-state index in [9.17, 15) is 18.0 Å². The van der Waals surface area contributed by atoms with Crippen molar-refractivity contribution < 1.29 is 20.6 Å². The SMILES string of the molecule is [2H]C([2H])(c1ccccc1)n1nc(-c2cnc(OCC(F)(F)F)nc2)ccc1=O. The maximum absolute atomic E-state index is 12.2. The van der Waals surface area contributed by atoms with Crippen molar-refractivity contribution in [2.24, 2.45) is 0 Å². The molecule has 0 saturated carbocycles. The van der Waals surface area contributed by atoms with Gasteiger partial charge in [0.15, 0.2) is 6.61 Å². The lowest BCUT2D eigenvalue weighted by molar-refractivity contribution is -0.154. The van der Waals surface area contributed by atoms with Gasteiger partial charge in [0.2, 0.25) is 0 Å². The molecular formula is C17H13F3N4O2. The Balaban J connectivity index is 1.90. The summed E-state index contributed by atoms with van der Waals surface area (Å²) in [6.07, 6.45) is -2.16. The second-order valence-electron chi connectivity index (χ2n) is 5.10. The fourth-order valence-corrected chi connectivity index (χ4v) is 1.95. The molecule has 134 valence electrons. The quantitative estimate of drug-likeness (QED) is 0.696. The highest BCUT2D eigenvalue weighted by Gasteiger charge is 2.28. The second-order valence-corrected chi connectivity index (χ2v) is 5.10. The van der Waals surface area contributed by atoms with Gasteiger partial charge in [0.05, 0.1) is 14.9 Å². The Labute approximate surface area is 148 Å². The van der Waals surface area contributed by atoms with Crippen LogP contribution < -0.4 is 10.3 Å². The lowest BCUT2D eigenvalue weighted by Gasteiger charge is -2.09. The Bertz CT molecular complexity index is 1010. The van der Waals surface area contributed by atoms with Crippen LogP contribution in [-0.2, 0) is 6.50 Å². The third kappa shape index (κ3) is 4.65. The number of rotatable bonds is 5. The Hall–Kier alpha value is -3.23. The van der Waals surface area contributed by atoms with Gasteiger partial charge in [-0.25, -0.2) is 14.6 Å². The van der Waals surface area contributed by atoms with E-state index < -0.39 is 30.8 Å². The van der Waals surface area contributed by atoms with Crippen LogP contribution >= 0.6 is 0 Å². The van der Waals surface area contributed by atoms with Crippen LogP contribution in [-0.4, -0.2) is 32.5 Å². The molecule has 0 unspecified atom stereocenters. The smallest absolute Gasteiger partial charge is 0.422 e. The molecule has 3 aromatic rings. The summed E-state index contributed by atoms with van der Waals surface area (Å²) in [5.74, 6) is 0. The first-order valence-electron chi connectivity index (χ1n) is 8.35. The minimum Gasteiger partial charge on any atom is -0.454 e. The van der Waals surface area contributed by atoms with Crippen LogP contribution in [0.3, 0.4) is 0 Å². The van der Waals surface area contributed by atoms with Crippen molar-refractivity contribution in [1.82, 2.24) is 19.7 Å². The molecule has 0 amide bonds. The second kappa shape index (κ2) is 7.34. The highest BCUT2D eigenvalue weighted by atomic mass is 19.4. The van der Waals surface area contributed by atoms with Crippen LogP contribution in [0, 0.1) is 0 Å². The normalized spacial score (nSPS) is 13.0. The molecule has 6 nitrogen and oxygen atoms in total. The molecule has 0 saturated heterocycles. The zero-order valence-electron chi connectivity index (χ0n) is 15.1. The molecule has 9 heteroatoms. The van der Waals surface area contributed by atoms with E-state index in [1.165, 1.54) is 30.6 Å². The molecule has 26 heavy (non-hydrogen) atoms. The molecule has 0 aliphatic rings. The largest absolute Gasteiger partial charge is 0.454 e. The van der Waals surface area contributed by atoms with Gasteiger partial charge in [-0.2, -0.15) is 18.3 Å². The fourth-order valence-electron chi connectivity index (χ4n) is 1.95. The Morgan fingerprint density at radius 2 is 1.77 bits per heavy atom. The average Bonchev–Trinajstić information content (AvgIpc) is 2.67. The maximum Gasteiger partial charge on any atom is 0.422 e. The van der Waals surface area contributed by atoms with Crippen molar-refractivity contribution in [3.63, 3.8) is 0 Å². The standard InChI is InChI=1S/C17H13F3N4O2/c18-17(19,20)11-26-16-21-8-13(9-22-16)14-6-7-15(25)24(23-14)10-12-4-2-1-3-5-12/h1-9H,10-11H2/i10D2. The van der Waals surface area contributed by atoms with Gasteiger partial charge in [0, 0.05) is 24.0 Å². The predicted octanol–water partition coefficient (Wildman–Crippen LogP) is 2.69. The number of ether oxygens (including phenoxy) is 1. The van der Waals surface area contributed by atoms with Crippen LogP contribution in [0.25, 0.3) is 11.3 Å². The molecule has 0 radical (unpaired) electrons. The number of aromatic nitrogens is 4. The highest BCUT2D eigenvalue weighted by Crippen LogP contribution is 2.18. The van der Waals surface area contributed by atoms with E-state index in [4.69, 9.17) is 2.74 Å². The van der Waals surface area contributed by atoms with Gasteiger partial charge in [0.1, 0.15) is 0 Å². The van der Waals surface area contributed by atoms with E-state index in [1.807, 2.05) is 0 Å². The zero-order valence-corrected chi connectivity index (χ0v) is 13.1. The van der Waals surface area contributed by atoms with E-state index in [0.717, 1.165) is 6.07 Å². The third-order valence-electron chi connectivity index (χ3n) is 3.10. The van der Waals surface area contributed by atoms with Crippen molar-refractivity contribution in [3.05, 3.63) is 70.8 Å². The molecule has 0 N–H and O–H groups in total.